The Kier molecular flexibility index (Phi) is 8.23. The summed E-state index contributed by atoms with van der Waals surface area (Å²) in [5.41, 5.74) is 4.06. The highest BCUT2D eigenvalue weighted by Crippen LogP contribution is 2.44. The van der Waals surface area contributed by atoms with E-state index in [4.69, 9.17) is 26.3 Å². The number of aliphatic hydroxyl groups excluding tert-OH is 1. The van der Waals surface area contributed by atoms with Crippen molar-refractivity contribution in [3.63, 3.8) is 0 Å². The molecule has 1 aromatic carbocycles. The van der Waals surface area contributed by atoms with Crippen LogP contribution in [0.25, 0.3) is 22.6 Å². The Morgan fingerprint density at radius 3 is 2.68 bits per heavy atom. The minimum absolute atomic E-state index is 0.166. The van der Waals surface area contributed by atoms with Crippen LogP contribution in [0.1, 0.15) is 56.4 Å². The molecule has 0 spiro atoms. The Bertz CT molecular complexity index is 1210. The predicted octanol–water partition coefficient (Wildman–Crippen LogP) is 5.46. The van der Waals surface area contributed by atoms with Crippen molar-refractivity contribution in [3.8, 4) is 28.4 Å². The number of anilines is 1. The summed E-state index contributed by atoms with van der Waals surface area (Å²) in [6.45, 7) is 0.615. The summed E-state index contributed by atoms with van der Waals surface area (Å²) in [5, 5.41) is 13.6. The van der Waals surface area contributed by atoms with E-state index in [0.717, 1.165) is 22.6 Å². The molecule has 2 heterocycles. The average Bonchev–Trinajstić information content (AvgIpc) is 3.77. The molecule has 2 aliphatic carbocycles. The summed E-state index contributed by atoms with van der Waals surface area (Å²) in [6.07, 6.45) is 11.8. The fraction of sp³-hybridized carbons (Fsp3) is 0.483. The van der Waals surface area contributed by atoms with Crippen LogP contribution >= 0.6 is 11.6 Å². The minimum Gasteiger partial charge on any atom is -0.491 e. The van der Waals surface area contributed by atoms with E-state index in [1.165, 1.54) is 50.5 Å². The molecule has 8 heteroatoms. The molecule has 0 aliphatic heterocycles. The van der Waals surface area contributed by atoms with Crippen molar-refractivity contribution in [2.75, 3.05) is 32.1 Å². The van der Waals surface area contributed by atoms with Crippen LogP contribution in [0.15, 0.2) is 42.7 Å². The summed E-state index contributed by atoms with van der Waals surface area (Å²) >= 11 is 6.50. The standard InChI is InChI=1S/C29H36ClN5O2/c1-31-16-23(36)18-37-24-13-20(12-21(30)14-24)29-33-27(25-10-11-32-17-26(25)19-8-9-19)15-28(34-29)35(2)22-6-4-3-5-7-22/h10-15,17,19,22-23,31,36H,3-9,16,18H2,1-2H3. The van der Waals surface area contributed by atoms with E-state index in [-0.39, 0.29) is 6.61 Å². The highest BCUT2D eigenvalue weighted by molar-refractivity contribution is 6.31. The maximum absolute atomic E-state index is 10.1. The average molecular weight is 522 g/mol. The van der Waals surface area contributed by atoms with Crippen LogP contribution < -0.4 is 15.0 Å². The number of benzene rings is 1. The minimum atomic E-state index is -0.615. The lowest BCUT2D eigenvalue weighted by atomic mass is 9.94. The number of pyridine rings is 1. The smallest absolute Gasteiger partial charge is 0.162 e. The number of aliphatic hydroxyl groups is 1. The molecular formula is C29H36ClN5O2. The molecule has 37 heavy (non-hydrogen) atoms. The fourth-order valence-corrected chi connectivity index (χ4v) is 5.38. The summed E-state index contributed by atoms with van der Waals surface area (Å²) < 4.78 is 5.86. The first-order chi connectivity index (χ1) is 18.0. The van der Waals surface area contributed by atoms with Gasteiger partial charge in [-0.2, -0.15) is 0 Å². The van der Waals surface area contributed by atoms with Crippen LogP contribution in [-0.4, -0.2) is 59.5 Å². The number of halogens is 1. The van der Waals surface area contributed by atoms with E-state index in [2.05, 4.69) is 34.4 Å². The lowest BCUT2D eigenvalue weighted by Crippen LogP contribution is -2.34. The van der Waals surface area contributed by atoms with Crippen LogP contribution in [0.2, 0.25) is 5.02 Å². The van der Waals surface area contributed by atoms with E-state index in [9.17, 15) is 5.11 Å². The SMILES string of the molecule is CNCC(O)COc1cc(Cl)cc(-c2nc(-c3ccncc3C3CC3)cc(N(C)C3CCCCC3)n2)c1. The lowest BCUT2D eigenvalue weighted by molar-refractivity contribution is 0.108. The molecule has 196 valence electrons. The Morgan fingerprint density at radius 2 is 1.92 bits per heavy atom. The topological polar surface area (TPSA) is 83.4 Å². The van der Waals surface area contributed by atoms with Gasteiger partial charge in [-0.1, -0.05) is 30.9 Å². The van der Waals surface area contributed by atoms with Crippen molar-refractivity contribution in [1.29, 1.82) is 0 Å². The number of likely N-dealkylation sites (N-methyl/N-ethyl adjacent to an activating group) is 1. The summed E-state index contributed by atoms with van der Waals surface area (Å²) in [4.78, 5) is 16.8. The zero-order chi connectivity index (χ0) is 25.8. The maximum atomic E-state index is 10.1. The number of nitrogens with one attached hydrogen (secondary N) is 1. The van der Waals surface area contributed by atoms with Crippen LogP contribution in [0.3, 0.4) is 0 Å². The van der Waals surface area contributed by atoms with E-state index >= 15 is 0 Å². The highest BCUT2D eigenvalue weighted by atomic mass is 35.5. The van der Waals surface area contributed by atoms with Gasteiger partial charge in [-0.05, 0) is 68.5 Å². The third kappa shape index (κ3) is 6.40. The molecule has 0 saturated heterocycles. The first kappa shape index (κ1) is 25.9. The number of aromatic nitrogens is 3. The van der Waals surface area contributed by atoms with Crippen molar-refractivity contribution in [2.24, 2.45) is 0 Å². The second-order valence-electron chi connectivity index (χ2n) is 10.3. The Hall–Kier alpha value is -2.74. The summed E-state index contributed by atoms with van der Waals surface area (Å²) in [7, 11) is 3.94. The van der Waals surface area contributed by atoms with Gasteiger partial charge in [-0.25, -0.2) is 9.97 Å². The molecule has 2 aromatic heterocycles. The van der Waals surface area contributed by atoms with Crippen LogP contribution in [0, 0.1) is 0 Å². The van der Waals surface area contributed by atoms with E-state index in [1.54, 1.807) is 13.1 Å². The Morgan fingerprint density at radius 1 is 1.11 bits per heavy atom. The molecule has 2 aliphatic rings. The lowest BCUT2D eigenvalue weighted by Gasteiger charge is -2.32. The van der Waals surface area contributed by atoms with Gasteiger partial charge in [0.2, 0.25) is 0 Å². The van der Waals surface area contributed by atoms with Gasteiger partial charge >= 0.3 is 0 Å². The quantitative estimate of drug-likeness (QED) is 0.366. The molecule has 5 rings (SSSR count). The van der Waals surface area contributed by atoms with Crippen LogP contribution in [-0.2, 0) is 0 Å². The van der Waals surface area contributed by atoms with Crippen molar-refractivity contribution in [3.05, 3.63) is 53.3 Å². The summed E-state index contributed by atoms with van der Waals surface area (Å²) in [6, 6.07) is 10.2. The van der Waals surface area contributed by atoms with Gasteiger partial charge < -0.3 is 20.1 Å². The van der Waals surface area contributed by atoms with Crippen molar-refractivity contribution in [2.45, 2.75) is 63.0 Å². The first-order valence-electron chi connectivity index (χ1n) is 13.3. The number of ether oxygens (including phenoxy) is 1. The van der Waals surface area contributed by atoms with E-state index in [1.807, 2.05) is 24.5 Å². The molecular weight excluding hydrogens is 486 g/mol. The van der Waals surface area contributed by atoms with Gasteiger partial charge in [0.25, 0.3) is 0 Å². The zero-order valence-electron chi connectivity index (χ0n) is 21.7. The Balaban J connectivity index is 1.54. The predicted molar refractivity (Wildman–Crippen MR) is 148 cm³/mol. The molecule has 2 N–H and O–H groups in total. The molecule has 0 bridgehead atoms. The molecule has 2 fully saturated rings. The number of hydrogen-bond donors (Lipinski definition) is 2. The normalized spacial score (nSPS) is 17.0. The second kappa shape index (κ2) is 11.8. The second-order valence-corrected chi connectivity index (χ2v) is 10.7. The number of rotatable bonds is 10. The first-order valence-corrected chi connectivity index (χ1v) is 13.7. The monoisotopic (exact) mass is 521 g/mol. The third-order valence-corrected chi connectivity index (χ3v) is 7.57. The third-order valence-electron chi connectivity index (χ3n) is 7.35. The van der Waals surface area contributed by atoms with Gasteiger partial charge in [0.1, 0.15) is 24.3 Å². The van der Waals surface area contributed by atoms with Gasteiger partial charge in [0.15, 0.2) is 5.82 Å². The van der Waals surface area contributed by atoms with Crippen LogP contribution in [0.5, 0.6) is 5.75 Å². The number of nitrogens with zero attached hydrogens (tertiary/aromatic N) is 4. The van der Waals surface area contributed by atoms with E-state index in [0.29, 0.717) is 35.1 Å². The zero-order valence-corrected chi connectivity index (χ0v) is 22.4. The van der Waals surface area contributed by atoms with Gasteiger partial charge in [0.05, 0.1) is 5.69 Å². The van der Waals surface area contributed by atoms with Gasteiger partial charge in [-0.3, -0.25) is 4.98 Å². The van der Waals surface area contributed by atoms with Crippen molar-refractivity contribution in [1.82, 2.24) is 20.3 Å². The van der Waals surface area contributed by atoms with Gasteiger partial charge in [-0.15, -0.1) is 0 Å². The largest absolute Gasteiger partial charge is 0.491 e. The molecule has 2 saturated carbocycles. The molecule has 7 nitrogen and oxygen atoms in total. The fourth-order valence-electron chi connectivity index (χ4n) is 5.16. The van der Waals surface area contributed by atoms with Crippen LogP contribution in [0.4, 0.5) is 5.82 Å². The molecule has 1 atom stereocenters. The maximum Gasteiger partial charge on any atom is 0.162 e. The summed E-state index contributed by atoms with van der Waals surface area (Å²) in [5.74, 6) is 2.66. The molecule has 3 aromatic rings. The molecule has 1 unspecified atom stereocenters. The van der Waals surface area contributed by atoms with E-state index < -0.39 is 6.10 Å². The van der Waals surface area contributed by atoms with Crippen molar-refractivity contribution < 1.29 is 9.84 Å². The molecule has 0 radical (unpaired) electrons. The van der Waals surface area contributed by atoms with Gasteiger partial charge in [0, 0.05) is 54.2 Å². The number of hydrogen-bond acceptors (Lipinski definition) is 7. The molecule has 0 amide bonds. The Labute approximate surface area is 224 Å². The van der Waals surface area contributed by atoms with Crippen molar-refractivity contribution >= 4 is 17.4 Å². The highest BCUT2D eigenvalue weighted by Gasteiger charge is 2.28.